The maximum absolute atomic E-state index is 5.97. The SMILES string of the molecule is NNC(c1cc2cccc(Br)c2o1)C1CCCC1. The van der Waals surface area contributed by atoms with Crippen LogP contribution in [-0.2, 0) is 0 Å². The molecular formula is C14H17BrN2O. The first-order valence-corrected chi connectivity index (χ1v) is 7.23. The number of benzene rings is 1. The molecule has 96 valence electrons. The summed E-state index contributed by atoms with van der Waals surface area (Å²) in [7, 11) is 0. The number of furan rings is 1. The molecule has 0 aliphatic heterocycles. The van der Waals surface area contributed by atoms with Crippen LogP contribution in [0.5, 0.6) is 0 Å². The van der Waals surface area contributed by atoms with Crippen molar-refractivity contribution in [2.24, 2.45) is 11.8 Å². The van der Waals surface area contributed by atoms with Crippen molar-refractivity contribution in [3.8, 4) is 0 Å². The highest BCUT2D eigenvalue weighted by molar-refractivity contribution is 9.10. The number of hydrogen-bond donors (Lipinski definition) is 2. The zero-order valence-corrected chi connectivity index (χ0v) is 11.7. The van der Waals surface area contributed by atoms with Crippen molar-refractivity contribution in [3.63, 3.8) is 0 Å². The van der Waals surface area contributed by atoms with Crippen LogP contribution in [0.25, 0.3) is 11.0 Å². The highest BCUT2D eigenvalue weighted by Crippen LogP contribution is 2.38. The molecule has 1 atom stereocenters. The van der Waals surface area contributed by atoms with Gasteiger partial charge in [0.25, 0.3) is 0 Å². The molecule has 18 heavy (non-hydrogen) atoms. The van der Waals surface area contributed by atoms with Crippen molar-refractivity contribution in [1.82, 2.24) is 5.43 Å². The molecule has 1 aromatic carbocycles. The minimum Gasteiger partial charge on any atom is -0.458 e. The van der Waals surface area contributed by atoms with Crippen LogP contribution in [0.4, 0.5) is 0 Å². The van der Waals surface area contributed by atoms with Gasteiger partial charge in [0.15, 0.2) is 0 Å². The number of hydrazine groups is 1. The molecule has 0 saturated heterocycles. The lowest BCUT2D eigenvalue weighted by Crippen LogP contribution is -2.32. The lowest BCUT2D eigenvalue weighted by Gasteiger charge is -2.19. The van der Waals surface area contributed by atoms with Crippen LogP contribution in [0, 0.1) is 5.92 Å². The fourth-order valence-electron chi connectivity index (χ4n) is 2.94. The van der Waals surface area contributed by atoms with E-state index >= 15 is 0 Å². The Bertz CT molecular complexity index is 546. The summed E-state index contributed by atoms with van der Waals surface area (Å²) in [6.45, 7) is 0. The number of nitrogens with two attached hydrogens (primary N) is 1. The standard InChI is InChI=1S/C14H17BrN2O/c15-11-7-3-6-10-8-12(18-14(10)11)13(17-16)9-4-1-2-5-9/h3,6-9,13,17H,1-2,4-5,16H2. The molecule has 0 bridgehead atoms. The van der Waals surface area contributed by atoms with Gasteiger partial charge in [0.05, 0.1) is 10.5 Å². The topological polar surface area (TPSA) is 51.2 Å². The zero-order chi connectivity index (χ0) is 12.5. The Morgan fingerprint density at radius 1 is 1.33 bits per heavy atom. The molecule has 2 aromatic rings. The normalized spacial score (nSPS) is 18.6. The van der Waals surface area contributed by atoms with E-state index in [-0.39, 0.29) is 6.04 Å². The zero-order valence-electron chi connectivity index (χ0n) is 10.2. The maximum atomic E-state index is 5.97. The van der Waals surface area contributed by atoms with Gasteiger partial charge >= 0.3 is 0 Å². The van der Waals surface area contributed by atoms with Gasteiger partial charge in [-0.2, -0.15) is 0 Å². The Morgan fingerprint density at radius 2 is 2.11 bits per heavy atom. The van der Waals surface area contributed by atoms with Crippen molar-refractivity contribution < 1.29 is 4.42 Å². The van der Waals surface area contributed by atoms with Gasteiger partial charge < -0.3 is 4.42 Å². The lowest BCUT2D eigenvalue weighted by atomic mass is 9.96. The predicted molar refractivity (Wildman–Crippen MR) is 75.9 cm³/mol. The summed E-state index contributed by atoms with van der Waals surface area (Å²) < 4.78 is 6.97. The van der Waals surface area contributed by atoms with Gasteiger partial charge in [-0.1, -0.05) is 25.0 Å². The molecule has 1 fully saturated rings. The molecule has 3 N–H and O–H groups in total. The van der Waals surface area contributed by atoms with E-state index in [0.29, 0.717) is 5.92 Å². The van der Waals surface area contributed by atoms with Crippen LogP contribution in [0.3, 0.4) is 0 Å². The van der Waals surface area contributed by atoms with Gasteiger partial charge in [-0.3, -0.25) is 5.84 Å². The quantitative estimate of drug-likeness (QED) is 0.668. The van der Waals surface area contributed by atoms with Gasteiger partial charge in [0.2, 0.25) is 0 Å². The van der Waals surface area contributed by atoms with E-state index in [4.69, 9.17) is 10.3 Å². The van der Waals surface area contributed by atoms with Crippen LogP contribution in [-0.4, -0.2) is 0 Å². The number of para-hydroxylation sites is 1. The minimum absolute atomic E-state index is 0.131. The van der Waals surface area contributed by atoms with Gasteiger partial charge in [0, 0.05) is 5.39 Å². The second-order valence-electron chi connectivity index (χ2n) is 5.00. The first-order valence-electron chi connectivity index (χ1n) is 6.43. The summed E-state index contributed by atoms with van der Waals surface area (Å²) in [4.78, 5) is 0. The number of rotatable bonds is 3. The fourth-order valence-corrected chi connectivity index (χ4v) is 3.40. The lowest BCUT2D eigenvalue weighted by molar-refractivity contribution is 0.323. The smallest absolute Gasteiger partial charge is 0.148 e. The minimum atomic E-state index is 0.131. The van der Waals surface area contributed by atoms with E-state index in [9.17, 15) is 0 Å². The molecule has 1 aromatic heterocycles. The van der Waals surface area contributed by atoms with Crippen LogP contribution in [0.2, 0.25) is 0 Å². The van der Waals surface area contributed by atoms with Crippen LogP contribution < -0.4 is 11.3 Å². The van der Waals surface area contributed by atoms with E-state index in [2.05, 4.69) is 33.5 Å². The summed E-state index contributed by atoms with van der Waals surface area (Å²) in [5.74, 6) is 7.27. The molecule has 3 rings (SSSR count). The van der Waals surface area contributed by atoms with Crippen molar-refractivity contribution in [1.29, 1.82) is 0 Å². The Kier molecular flexibility index (Phi) is 3.41. The van der Waals surface area contributed by atoms with E-state index < -0.39 is 0 Å². The fraction of sp³-hybridized carbons (Fsp3) is 0.429. The molecule has 0 radical (unpaired) electrons. The van der Waals surface area contributed by atoms with E-state index in [1.807, 2.05) is 12.1 Å². The van der Waals surface area contributed by atoms with Crippen molar-refractivity contribution in [3.05, 3.63) is 34.5 Å². The van der Waals surface area contributed by atoms with Crippen molar-refractivity contribution in [2.75, 3.05) is 0 Å². The summed E-state index contributed by atoms with van der Waals surface area (Å²) >= 11 is 3.52. The highest BCUT2D eigenvalue weighted by atomic mass is 79.9. The molecule has 1 aliphatic carbocycles. The monoisotopic (exact) mass is 308 g/mol. The third kappa shape index (κ3) is 2.09. The Labute approximate surface area is 115 Å². The predicted octanol–water partition coefficient (Wildman–Crippen LogP) is 3.89. The van der Waals surface area contributed by atoms with E-state index in [0.717, 1.165) is 21.2 Å². The second kappa shape index (κ2) is 5.03. The van der Waals surface area contributed by atoms with Gasteiger partial charge in [-0.05, 0) is 46.8 Å². The molecular weight excluding hydrogens is 292 g/mol. The molecule has 1 unspecified atom stereocenters. The average Bonchev–Trinajstić information content (AvgIpc) is 3.00. The van der Waals surface area contributed by atoms with E-state index in [1.54, 1.807) is 0 Å². The summed E-state index contributed by atoms with van der Waals surface area (Å²) in [6.07, 6.45) is 5.06. The molecule has 3 nitrogen and oxygen atoms in total. The Morgan fingerprint density at radius 3 is 2.78 bits per heavy atom. The number of halogens is 1. The first-order chi connectivity index (χ1) is 8.79. The van der Waals surface area contributed by atoms with Crippen LogP contribution in [0.15, 0.2) is 33.2 Å². The molecule has 0 spiro atoms. The largest absolute Gasteiger partial charge is 0.458 e. The summed E-state index contributed by atoms with van der Waals surface area (Å²) in [5, 5.41) is 1.12. The van der Waals surface area contributed by atoms with Crippen LogP contribution in [0.1, 0.15) is 37.5 Å². The second-order valence-corrected chi connectivity index (χ2v) is 5.85. The first kappa shape index (κ1) is 12.2. The van der Waals surface area contributed by atoms with Gasteiger partial charge in [0.1, 0.15) is 11.3 Å². The summed E-state index contributed by atoms with van der Waals surface area (Å²) in [6, 6.07) is 8.31. The van der Waals surface area contributed by atoms with Gasteiger partial charge in [-0.15, -0.1) is 0 Å². The molecule has 1 heterocycles. The molecule has 0 amide bonds. The Hall–Kier alpha value is -0.840. The van der Waals surface area contributed by atoms with Crippen molar-refractivity contribution >= 4 is 26.9 Å². The maximum Gasteiger partial charge on any atom is 0.148 e. The number of hydrogen-bond acceptors (Lipinski definition) is 3. The van der Waals surface area contributed by atoms with E-state index in [1.165, 1.54) is 25.7 Å². The summed E-state index contributed by atoms with van der Waals surface area (Å²) in [5.41, 5.74) is 3.84. The molecule has 1 aliphatic rings. The number of nitrogens with one attached hydrogen (secondary N) is 1. The Balaban J connectivity index is 1.99. The molecule has 4 heteroatoms. The number of fused-ring (bicyclic) bond motifs is 1. The van der Waals surface area contributed by atoms with Gasteiger partial charge in [-0.25, -0.2) is 5.43 Å². The average molecular weight is 309 g/mol. The van der Waals surface area contributed by atoms with Crippen LogP contribution >= 0.6 is 15.9 Å². The molecule has 1 saturated carbocycles. The van der Waals surface area contributed by atoms with Crippen molar-refractivity contribution in [2.45, 2.75) is 31.7 Å². The highest BCUT2D eigenvalue weighted by Gasteiger charge is 2.28. The third-order valence-electron chi connectivity index (χ3n) is 3.87. The third-order valence-corrected chi connectivity index (χ3v) is 4.50.